The molecule has 0 saturated carbocycles. The number of primary amides is 1. The van der Waals surface area contributed by atoms with Gasteiger partial charge in [0.2, 0.25) is 65.0 Å². The van der Waals surface area contributed by atoms with Crippen LogP contribution in [0.1, 0.15) is 91.8 Å². The first-order valence-electron chi connectivity index (χ1n) is 26.5. The number of H-pyrrole nitrogens is 1. The lowest BCUT2D eigenvalue weighted by Crippen LogP contribution is -2.61. The highest BCUT2D eigenvalue weighted by atomic mass is 16.4. The fourth-order valence-electron chi connectivity index (χ4n) is 7.63. The number of imidazole rings is 1. The summed E-state index contributed by atoms with van der Waals surface area (Å²) in [5.74, 6) is -13.1. The molecule has 0 fully saturated rings. The number of carboxylic acids is 1. The van der Waals surface area contributed by atoms with Crippen LogP contribution in [0.4, 0.5) is 0 Å². The van der Waals surface area contributed by atoms with E-state index in [0.29, 0.717) is 30.6 Å². The van der Waals surface area contributed by atoms with Gasteiger partial charge in [0.1, 0.15) is 60.1 Å². The van der Waals surface area contributed by atoms with E-state index in [2.05, 4.69) is 63.1 Å². The van der Waals surface area contributed by atoms with E-state index in [4.69, 9.17) is 17.2 Å². The molecule has 0 unspecified atom stereocenters. The van der Waals surface area contributed by atoms with Crippen molar-refractivity contribution in [2.24, 2.45) is 29.0 Å². The maximum absolute atomic E-state index is 14.2. The van der Waals surface area contributed by atoms with Crippen LogP contribution in [0.5, 0.6) is 5.75 Å². The maximum atomic E-state index is 14.2. The van der Waals surface area contributed by atoms with Crippen molar-refractivity contribution in [1.82, 2.24) is 63.1 Å². The van der Waals surface area contributed by atoms with E-state index in [0.717, 1.165) is 6.92 Å². The topological polar surface area (TPSA) is 513 Å². The summed E-state index contributed by atoms with van der Waals surface area (Å²) in [6, 6.07) is -8.89. The van der Waals surface area contributed by atoms with Crippen LogP contribution in [0.2, 0.25) is 0 Å². The number of nitrogens with zero attached hydrogens (tertiary/aromatic N) is 1. The van der Waals surface area contributed by atoms with Gasteiger partial charge in [0.25, 0.3) is 0 Å². The first kappa shape index (κ1) is 69.8. The number of carbonyl (C=O) groups excluding carboxylic acids is 11. The molecule has 11 amide bonds. The third-order valence-electron chi connectivity index (χ3n) is 12.5. The lowest BCUT2D eigenvalue weighted by Gasteiger charge is -2.28. The van der Waals surface area contributed by atoms with Gasteiger partial charge in [-0.05, 0) is 76.1 Å². The van der Waals surface area contributed by atoms with Crippen molar-refractivity contribution < 1.29 is 78.0 Å². The number of amides is 11. The van der Waals surface area contributed by atoms with E-state index in [1.165, 1.54) is 64.5 Å². The van der Waals surface area contributed by atoms with Crippen molar-refractivity contribution in [1.29, 1.82) is 0 Å². The maximum Gasteiger partial charge on any atom is 0.325 e. The number of rotatable bonds is 36. The number of benzene rings is 1. The van der Waals surface area contributed by atoms with Crippen molar-refractivity contribution in [2.75, 3.05) is 19.7 Å². The molecule has 21 N–H and O–H groups in total. The van der Waals surface area contributed by atoms with E-state index in [-0.39, 0.29) is 25.0 Å². The minimum Gasteiger partial charge on any atom is -0.508 e. The second-order valence-electron chi connectivity index (χ2n) is 20.2. The Morgan fingerprint density at radius 1 is 0.585 bits per heavy atom. The average molecular weight is 1160 g/mol. The van der Waals surface area contributed by atoms with E-state index >= 15 is 0 Å². The molecule has 1 aromatic carbocycles. The van der Waals surface area contributed by atoms with Gasteiger partial charge in [-0.2, -0.15) is 0 Å². The number of aliphatic hydroxyl groups excluding tert-OH is 2. The average Bonchev–Trinajstić information content (AvgIpc) is 3.99. The molecule has 82 heavy (non-hydrogen) atoms. The third kappa shape index (κ3) is 24.2. The number of unbranched alkanes of at least 4 members (excludes halogenated alkanes) is 1. The van der Waals surface area contributed by atoms with E-state index in [9.17, 15) is 78.0 Å². The highest BCUT2D eigenvalue weighted by molar-refractivity contribution is 5.99. The molecule has 0 spiro atoms. The first-order valence-corrected chi connectivity index (χ1v) is 26.5. The molecule has 0 saturated heterocycles. The Hall–Kier alpha value is -8.29. The first-order chi connectivity index (χ1) is 38.5. The Bertz CT molecular complexity index is 2500. The smallest absolute Gasteiger partial charge is 0.325 e. The van der Waals surface area contributed by atoms with Gasteiger partial charge >= 0.3 is 5.97 Å². The number of carbonyl (C=O) groups is 12. The Kier molecular flexibility index (Phi) is 29.6. The molecule has 2 rings (SSSR count). The predicted molar refractivity (Wildman–Crippen MR) is 291 cm³/mol. The molecular formula is C51H81N15O16. The van der Waals surface area contributed by atoms with Crippen LogP contribution in [0.3, 0.4) is 0 Å². The number of aromatic nitrogens is 2. The Labute approximate surface area is 473 Å². The van der Waals surface area contributed by atoms with E-state index in [1.807, 2.05) is 0 Å². The molecule has 2 aromatic rings. The number of hydrogen-bond acceptors (Lipinski definition) is 18. The molecule has 0 aliphatic rings. The number of carboxylic acid groups (broad SMARTS) is 1. The van der Waals surface area contributed by atoms with Gasteiger partial charge in [-0.15, -0.1) is 0 Å². The normalized spacial score (nSPS) is 15.2. The van der Waals surface area contributed by atoms with Crippen LogP contribution in [0.15, 0.2) is 36.8 Å². The van der Waals surface area contributed by atoms with Crippen molar-refractivity contribution in [3.63, 3.8) is 0 Å². The SMILES string of the molecule is CC(C)[C@H](NC(=O)[C@H](Cc1ccc(O)cc1)NC(=O)[C@H](CCC(N)=O)NC(=O)[C@H](CO)NC(=O)[C@H](C)NC(=O)[C@@H](N)CCCCN)C(=O)NCC(=O)N[C@H](C(=O)N[C@@H](Cc1cnc[nH]1)C(=O)N[C@H](C(=O)N[C@@H](C)C(=O)O)C(C)C)[C@@H](C)O. The number of aliphatic carboxylic acids is 1. The monoisotopic (exact) mass is 1160 g/mol. The highest BCUT2D eigenvalue weighted by Gasteiger charge is 2.36. The van der Waals surface area contributed by atoms with Gasteiger partial charge in [0.05, 0.1) is 31.6 Å². The van der Waals surface area contributed by atoms with Crippen molar-refractivity contribution in [3.05, 3.63) is 48.0 Å². The summed E-state index contributed by atoms with van der Waals surface area (Å²) in [6.07, 6.45) is 1.05. The van der Waals surface area contributed by atoms with Gasteiger partial charge in [0, 0.05) is 31.2 Å². The number of nitrogens with two attached hydrogens (primary N) is 3. The highest BCUT2D eigenvalue weighted by Crippen LogP contribution is 2.14. The van der Waals surface area contributed by atoms with Gasteiger partial charge in [-0.25, -0.2) is 4.98 Å². The molecule has 31 heteroatoms. The fraction of sp³-hybridized carbons (Fsp3) is 0.588. The van der Waals surface area contributed by atoms with Crippen molar-refractivity contribution >= 4 is 70.9 Å². The van der Waals surface area contributed by atoms with Crippen LogP contribution in [-0.4, -0.2) is 188 Å². The number of phenols is 1. The molecule has 1 heterocycles. The number of aliphatic hydroxyl groups is 2. The minimum absolute atomic E-state index is 0.139. The van der Waals surface area contributed by atoms with Gasteiger partial charge in [0.15, 0.2) is 0 Å². The summed E-state index contributed by atoms with van der Waals surface area (Å²) in [7, 11) is 0. The summed E-state index contributed by atoms with van der Waals surface area (Å²) < 4.78 is 0. The third-order valence-corrected chi connectivity index (χ3v) is 12.5. The summed E-state index contributed by atoms with van der Waals surface area (Å²) >= 11 is 0. The molecule has 0 radical (unpaired) electrons. The van der Waals surface area contributed by atoms with Crippen molar-refractivity contribution in [2.45, 2.75) is 160 Å². The number of phenolic OH excluding ortho intramolecular Hbond substituents is 1. The zero-order valence-corrected chi connectivity index (χ0v) is 46.9. The Morgan fingerprint density at radius 3 is 1.62 bits per heavy atom. The number of nitrogens with one attached hydrogen (secondary N) is 11. The summed E-state index contributed by atoms with van der Waals surface area (Å²) in [4.78, 5) is 165. The van der Waals surface area contributed by atoms with Gasteiger partial charge in [-0.3, -0.25) is 57.5 Å². The Balaban J connectivity index is 2.30. The second-order valence-corrected chi connectivity index (χ2v) is 20.2. The largest absolute Gasteiger partial charge is 0.508 e. The number of hydrogen-bond donors (Lipinski definition) is 18. The minimum atomic E-state index is -1.75. The molecule has 456 valence electrons. The summed E-state index contributed by atoms with van der Waals surface area (Å²) in [6.45, 7) is 8.48. The van der Waals surface area contributed by atoms with Crippen LogP contribution in [-0.2, 0) is 70.4 Å². The second kappa shape index (κ2) is 34.8. The summed E-state index contributed by atoms with van der Waals surface area (Å²) in [5, 5.41) is 63.9. The molecule has 0 aliphatic heterocycles. The molecule has 0 bridgehead atoms. The lowest BCUT2D eigenvalue weighted by atomic mass is 10.00. The molecular weight excluding hydrogens is 1080 g/mol. The van der Waals surface area contributed by atoms with Crippen molar-refractivity contribution in [3.8, 4) is 5.75 Å². The van der Waals surface area contributed by atoms with E-state index in [1.54, 1.807) is 13.8 Å². The number of aromatic amines is 1. The Morgan fingerprint density at radius 2 is 1.10 bits per heavy atom. The quantitative estimate of drug-likeness (QED) is 0.0282. The van der Waals surface area contributed by atoms with Crippen LogP contribution < -0.4 is 70.4 Å². The predicted octanol–water partition coefficient (Wildman–Crippen LogP) is -6.09. The number of aromatic hydroxyl groups is 1. The van der Waals surface area contributed by atoms with Crippen LogP contribution in [0, 0.1) is 11.8 Å². The molecule has 11 atom stereocenters. The van der Waals surface area contributed by atoms with Gasteiger partial charge in [-0.1, -0.05) is 46.2 Å². The summed E-state index contributed by atoms with van der Waals surface area (Å²) in [5.41, 5.74) is 17.5. The molecule has 31 nitrogen and oxygen atoms in total. The van der Waals surface area contributed by atoms with Gasteiger partial charge < -0.3 is 95.8 Å². The zero-order chi connectivity index (χ0) is 62.0. The van der Waals surface area contributed by atoms with Crippen LogP contribution >= 0.6 is 0 Å². The fourth-order valence-corrected chi connectivity index (χ4v) is 7.63. The molecule has 1 aromatic heterocycles. The molecule has 0 aliphatic carbocycles. The van der Waals surface area contributed by atoms with Crippen LogP contribution in [0.25, 0.3) is 0 Å². The standard InChI is InChI=1S/C51H81N15O16/c1-24(2)39(48(78)56-21-38(71)64-41(28(7)68)50(80)62-35(19-30-20-55-23-57-30)46(76)66-40(25(3)4)49(79)59-27(6)51(81)82)65-45(75)34(18-29-11-13-31(69)14-12-29)61-44(74)33(15-16-37(54)70)60-47(77)36(22-67)63-42(72)26(5)58-43(73)32(53)10-8-9-17-52/h11-14,20,23-28,32-36,39-41,67-69H,8-10,15-19,21-22,52-53H2,1-7H3,(H2,54,70)(H,55,57)(H,56,78)(H,58,73)(H,59,79)(H,60,77)(H,61,74)(H,62,80)(H,63,72)(H,64,71)(H,65,75)(H,66,76)(H,81,82)/t26-,27-,28+,32-,33-,34-,35-,36-,39-,40-,41-/m0/s1. The lowest BCUT2D eigenvalue weighted by molar-refractivity contribution is -0.142. The van der Waals surface area contributed by atoms with E-state index < -0.39 is 175 Å². The zero-order valence-electron chi connectivity index (χ0n) is 46.9.